The number of carbonyl (C=O) groups is 1. The standard InChI is InChI=1S/C16H21N3O3S2/c1-5-10(2)19-24(21,22)14-8-6-13(7-9-14)15(20)18-16-17-11(3)12(4)23-16/h6-10,19H,5H2,1-4H3,(H,17,18,20). The monoisotopic (exact) mass is 367 g/mol. The largest absolute Gasteiger partial charge is 0.298 e. The Balaban J connectivity index is 2.12. The normalized spacial score (nSPS) is 12.8. The van der Waals surface area contributed by atoms with Gasteiger partial charge in [-0.15, -0.1) is 11.3 Å². The molecule has 1 heterocycles. The van der Waals surface area contributed by atoms with Gasteiger partial charge >= 0.3 is 0 Å². The molecule has 0 bridgehead atoms. The summed E-state index contributed by atoms with van der Waals surface area (Å²) in [7, 11) is -3.57. The molecule has 1 amide bonds. The van der Waals surface area contributed by atoms with Crippen LogP contribution in [0.4, 0.5) is 5.13 Å². The van der Waals surface area contributed by atoms with Gasteiger partial charge in [-0.2, -0.15) is 0 Å². The van der Waals surface area contributed by atoms with Crippen molar-refractivity contribution in [1.29, 1.82) is 0 Å². The van der Waals surface area contributed by atoms with Gasteiger partial charge in [-0.3, -0.25) is 10.1 Å². The van der Waals surface area contributed by atoms with E-state index in [4.69, 9.17) is 0 Å². The summed E-state index contributed by atoms with van der Waals surface area (Å²) in [5.41, 5.74) is 1.26. The maximum absolute atomic E-state index is 12.2. The van der Waals surface area contributed by atoms with Gasteiger partial charge in [-0.25, -0.2) is 18.1 Å². The van der Waals surface area contributed by atoms with E-state index < -0.39 is 10.0 Å². The molecule has 2 aromatic rings. The molecule has 1 aromatic heterocycles. The molecular formula is C16H21N3O3S2. The Bertz CT molecular complexity index is 807. The van der Waals surface area contributed by atoms with E-state index in [0.717, 1.165) is 10.6 Å². The molecule has 2 rings (SSSR count). The van der Waals surface area contributed by atoms with Crippen molar-refractivity contribution in [2.24, 2.45) is 0 Å². The minimum Gasteiger partial charge on any atom is -0.298 e. The van der Waals surface area contributed by atoms with Gasteiger partial charge in [0.2, 0.25) is 10.0 Å². The fourth-order valence-electron chi connectivity index (χ4n) is 1.90. The van der Waals surface area contributed by atoms with E-state index in [0.29, 0.717) is 17.1 Å². The van der Waals surface area contributed by atoms with Gasteiger partial charge in [0.15, 0.2) is 5.13 Å². The lowest BCUT2D eigenvalue weighted by molar-refractivity contribution is 0.102. The van der Waals surface area contributed by atoms with Gasteiger partial charge in [-0.1, -0.05) is 6.92 Å². The highest BCUT2D eigenvalue weighted by molar-refractivity contribution is 7.89. The molecule has 0 saturated carbocycles. The number of nitrogens with zero attached hydrogens (tertiary/aromatic N) is 1. The number of hydrogen-bond acceptors (Lipinski definition) is 5. The summed E-state index contributed by atoms with van der Waals surface area (Å²) in [6, 6.07) is 5.70. The fraction of sp³-hybridized carbons (Fsp3) is 0.375. The summed E-state index contributed by atoms with van der Waals surface area (Å²) in [6.45, 7) is 7.53. The second kappa shape index (κ2) is 7.42. The van der Waals surface area contributed by atoms with Gasteiger partial charge in [0.25, 0.3) is 5.91 Å². The SMILES string of the molecule is CCC(C)NS(=O)(=O)c1ccc(C(=O)Nc2nc(C)c(C)s2)cc1. The molecule has 1 unspecified atom stereocenters. The maximum Gasteiger partial charge on any atom is 0.257 e. The van der Waals surface area contributed by atoms with Crippen LogP contribution in [0.5, 0.6) is 0 Å². The van der Waals surface area contributed by atoms with Crippen LogP contribution in [0, 0.1) is 13.8 Å². The zero-order valence-corrected chi connectivity index (χ0v) is 15.7. The molecule has 0 aliphatic carbocycles. The summed E-state index contributed by atoms with van der Waals surface area (Å²) in [4.78, 5) is 17.6. The number of thiazole rings is 1. The van der Waals surface area contributed by atoms with Crippen molar-refractivity contribution in [3.8, 4) is 0 Å². The Morgan fingerprint density at radius 3 is 2.38 bits per heavy atom. The second-order valence-corrected chi connectivity index (χ2v) is 8.49. The van der Waals surface area contributed by atoms with E-state index in [1.165, 1.54) is 35.6 Å². The van der Waals surface area contributed by atoms with Crippen molar-refractivity contribution >= 4 is 32.4 Å². The van der Waals surface area contributed by atoms with Crippen molar-refractivity contribution < 1.29 is 13.2 Å². The Hall–Kier alpha value is -1.77. The molecule has 1 atom stereocenters. The highest BCUT2D eigenvalue weighted by Gasteiger charge is 2.17. The van der Waals surface area contributed by atoms with E-state index in [1.807, 2.05) is 20.8 Å². The number of aryl methyl sites for hydroxylation is 2. The fourth-order valence-corrected chi connectivity index (χ4v) is 4.03. The number of anilines is 1. The molecule has 6 nitrogen and oxygen atoms in total. The molecule has 0 fully saturated rings. The average Bonchev–Trinajstić information content (AvgIpc) is 2.84. The Kier molecular flexibility index (Phi) is 5.74. The Morgan fingerprint density at radius 2 is 1.88 bits per heavy atom. The number of aromatic nitrogens is 1. The molecule has 0 saturated heterocycles. The van der Waals surface area contributed by atoms with Crippen LogP contribution >= 0.6 is 11.3 Å². The molecule has 8 heteroatoms. The molecular weight excluding hydrogens is 346 g/mol. The van der Waals surface area contributed by atoms with E-state index >= 15 is 0 Å². The van der Waals surface area contributed by atoms with Gasteiger partial charge in [0, 0.05) is 16.5 Å². The molecule has 1 aromatic carbocycles. The molecule has 0 aliphatic rings. The third-order valence-electron chi connectivity index (χ3n) is 3.64. The lowest BCUT2D eigenvalue weighted by Gasteiger charge is -2.12. The summed E-state index contributed by atoms with van der Waals surface area (Å²) in [5.74, 6) is -0.317. The molecule has 0 radical (unpaired) electrons. The number of rotatable bonds is 6. The summed E-state index contributed by atoms with van der Waals surface area (Å²) < 4.78 is 27.0. The van der Waals surface area contributed by atoms with Gasteiger partial charge in [-0.05, 0) is 51.5 Å². The van der Waals surface area contributed by atoms with E-state index in [2.05, 4.69) is 15.0 Å². The van der Waals surface area contributed by atoms with Crippen LogP contribution < -0.4 is 10.0 Å². The predicted octanol–water partition coefficient (Wildman–Crippen LogP) is 3.09. The molecule has 0 aliphatic heterocycles. The zero-order valence-electron chi connectivity index (χ0n) is 14.1. The Morgan fingerprint density at radius 1 is 1.25 bits per heavy atom. The maximum atomic E-state index is 12.2. The number of carbonyl (C=O) groups excluding carboxylic acids is 1. The van der Waals surface area contributed by atoms with Crippen LogP contribution in [0.3, 0.4) is 0 Å². The topological polar surface area (TPSA) is 88.2 Å². The van der Waals surface area contributed by atoms with Crippen LogP contribution in [0.25, 0.3) is 0 Å². The van der Waals surface area contributed by atoms with Crippen LogP contribution in [-0.4, -0.2) is 25.4 Å². The smallest absolute Gasteiger partial charge is 0.257 e. The number of amides is 1. The summed E-state index contributed by atoms with van der Waals surface area (Å²) in [5, 5.41) is 3.26. The third kappa shape index (κ3) is 4.40. The van der Waals surface area contributed by atoms with Crippen LogP contribution in [0.15, 0.2) is 29.2 Å². The summed E-state index contributed by atoms with van der Waals surface area (Å²) in [6.07, 6.45) is 0.701. The van der Waals surface area contributed by atoms with Crippen molar-refractivity contribution in [2.45, 2.75) is 45.1 Å². The number of benzene rings is 1. The zero-order chi connectivity index (χ0) is 17.9. The van der Waals surface area contributed by atoms with Crippen molar-refractivity contribution in [1.82, 2.24) is 9.71 Å². The van der Waals surface area contributed by atoms with Crippen molar-refractivity contribution in [3.05, 3.63) is 40.4 Å². The molecule has 2 N–H and O–H groups in total. The lowest BCUT2D eigenvalue weighted by atomic mass is 10.2. The molecule has 130 valence electrons. The van der Waals surface area contributed by atoms with E-state index in [-0.39, 0.29) is 16.8 Å². The first-order chi connectivity index (χ1) is 11.2. The quantitative estimate of drug-likeness (QED) is 0.821. The lowest BCUT2D eigenvalue weighted by Crippen LogP contribution is -2.32. The predicted molar refractivity (Wildman–Crippen MR) is 96.1 cm³/mol. The second-order valence-electron chi connectivity index (χ2n) is 5.57. The summed E-state index contributed by atoms with van der Waals surface area (Å²) >= 11 is 1.41. The van der Waals surface area contributed by atoms with Crippen molar-refractivity contribution in [2.75, 3.05) is 5.32 Å². The minimum absolute atomic E-state index is 0.139. The van der Waals surface area contributed by atoms with Crippen LogP contribution in [0.1, 0.15) is 41.2 Å². The van der Waals surface area contributed by atoms with Gasteiger partial charge < -0.3 is 0 Å². The van der Waals surface area contributed by atoms with E-state index in [9.17, 15) is 13.2 Å². The first-order valence-electron chi connectivity index (χ1n) is 7.60. The minimum atomic E-state index is -3.57. The average molecular weight is 367 g/mol. The van der Waals surface area contributed by atoms with E-state index in [1.54, 1.807) is 6.92 Å². The van der Waals surface area contributed by atoms with Crippen LogP contribution in [0.2, 0.25) is 0 Å². The first kappa shape index (κ1) is 18.6. The number of sulfonamides is 1. The molecule has 0 spiro atoms. The Labute approximate surface area is 146 Å². The number of nitrogens with one attached hydrogen (secondary N) is 2. The molecule has 24 heavy (non-hydrogen) atoms. The third-order valence-corrected chi connectivity index (χ3v) is 6.24. The highest BCUT2D eigenvalue weighted by atomic mass is 32.2. The van der Waals surface area contributed by atoms with Gasteiger partial charge in [0.1, 0.15) is 0 Å². The van der Waals surface area contributed by atoms with Gasteiger partial charge in [0.05, 0.1) is 10.6 Å². The first-order valence-corrected chi connectivity index (χ1v) is 9.90. The number of hydrogen-bond donors (Lipinski definition) is 2. The van der Waals surface area contributed by atoms with Crippen LogP contribution in [-0.2, 0) is 10.0 Å². The highest BCUT2D eigenvalue weighted by Crippen LogP contribution is 2.22. The van der Waals surface area contributed by atoms with Crippen molar-refractivity contribution in [3.63, 3.8) is 0 Å².